The van der Waals surface area contributed by atoms with E-state index in [0.29, 0.717) is 0 Å². The Morgan fingerprint density at radius 3 is 2.75 bits per heavy atom. The molecule has 0 N–H and O–H groups in total. The summed E-state index contributed by atoms with van der Waals surface area (Å²) in [6.45, 7) is 7.56. The zero-order chi connectivity index (χ0) is 9.07. The molecule has 0 spiro atoms. The van der Waals surface area contributed by atoms with Crippen LogP contribution in [0.2, 0.25) is 0 Å². The summed E-state index contributed by atoms with van der Waals surface area (Å²) in [5.41, 5.74) is 0. The molecule has 0 aromatic rings. The molecule has 72 valence electrons. The summed E-state index contributed by atoms with van der Waals surface area (Å²) in [6, 6.07) is 0. The topological polar surface area (TPSA) is 9.23 Å². The quantitative estimate of drug-likeness (QED) is 0.307. The van der Waals surface area contributed by atoms with Gasteiger partial charge in [-0.25, -0.2) is 0 Å². The molecular weight excluding hydrogens is 167 g/mol. The molecule has 2 heteroatoms. The van der Waals surface area contributed by atoms with Gasteiger partial charge in [0.05, 0.1) is 0 Å². The van der Waals surface area contributed by atoms with Gasteiger partial charge in [0.2, 0.25) is 0 Å². The van der Waals surface area contributed by atoms with Crippen molar-refractivity contribution >= 4 is 8.58 Å². The molecule has 12 heavy (non-hydrogen) atoms. The Kier molecular flexibility index (Phi) is 11.3. The highest BCUT2D eigenvalue weighted by atomic mass is 31.1. The molecule has 0 bridgehead atoms. The summed E-state index contributed by atoms with van der Waals surface area (Å²) in [5, 5.41) is 0. The Morgan fingerprint density at radius 1 is 1.33 bits per heavy atom. The van der Waals surface area contributed by atoms with E-state index in [2.05, 4.69) is 6.58 Å². The number of rotatable bonds is 9. The van der Waals surface area contributed by atoms with Gasteiger partial charge in [0.15, 0.2) is 0 Å². The van der Waals surface area contributed by atoms with Gasteiger partial charge in [-0.15, -0.1) is 15.2 Å². The number of hydrogen-bond donors (Lipinski definition) is 0. The van der Waals surface area contributed by atoms with Crippen LogP contribution in [-0.2, 0) is 4.74 Å². The van der Waals surface area contributed by atoms with E-state index in [4.69, 9.17) is 4.74 Å². The summed E-state index contributed by atoms with van der Waals surface area (Å²) in [4.78, 5) is 0. The lowest BCUT2D eigenvalue weighted by molar-refractivity contribution is 0.149. The third kappa shape index (κ3) is 10.1. The molecule has 0 rings (SSSR count). The van der Waals surface area contributed by atoms with Crippen molar-refractivity contribution in [1.29, 1.82) is 0 Å². The summed E-state index contributed by atoms with van der Waals surface area (Å²) in [5.74, 6) is 0. The van der Waals surface area contributed by atoms with E-state index < -0.39 is 0 Å². The molecule has 1 unspecified atom stereocenters. The Labute approximate surface area is 78.4 Å². The molecule has 0 aliphatic carbocycles. The van der Waals surface area contributed by atoms with E-state index >= 15 is 0 Å². The van der Waals surface area contributed by atoms with Crippen LogP contribution in [0.1, 0.15) is 26.2 Å². The van der Waals surface area contributed by atoms with Crippen molar-refractivity contribution in [3.8, 4) is 0 Å². The Morgan fingerprint density at radius 2 is 2.08 bits per heavy atom. The van der Waals surface area contributed by atoms with Gasteiger partial charge in [-0.1, -0.05) is 6.08 Å². The van der Waals surface area contributed by atoms with Gasteiger partial charge in [-0.05, 0) is 38.5 Å². The van der Waals surface area contributed by atoms with Crippen molar-refractivity contribution in [3.05, 3.63) is 12.7 Å². The van der Waals surface area contributed by atoms with Crippen LogP contribution in [-0.4, -0.2) is 25.5 Å². The van der Waals surface area contributed by atoms with E-state index in [1.165, 1.54) is 31.6 Å². The van der Waals surface area contributed by atoms with Gasteiger partial charge >= 0.3 is 0 Å². The normalized spacial score (nSPS) is 11.1. The van der Waals surface area contributed by atoms with E-state index in [1.54, 1.807) is 0 Å². The summed E-state index contributed by atoms with van der Waals surface area (Å²) in [6.07, 6.45) is 8.45. The molecule has 0 aliphatic heterocycles. The van der Waals surface area contributed by atoms with Crippen LogP contribution in [0.4, 0.5) is 0 Å². The first-order chi connectivity index (χ1) is 5.91. The average Bonchev–Trinajstić information content (AvgIpc) is 2.10. The van der Waals surface area contributed by atoms with Crippen molar-refractivity contribution in [2.24, 2.45) is 0 Å². The molecule has 0 amide bonds. The van der Waals surface area contributed by atoms with Crippen LogP contribution in [0.25, 0.3) is 0 Å². The van der Waals surface area contributed by atoms with Crippen LogP contribution < -0.4 is 0 Å². The second kappa shape index (κ2) is 11.1. The second-order valence-corrected chi connectivity index (χ2v) is 4.23. The van der Waals surface area contributed by atoms with Gasteiger partial charge in [0, 0.05) is 13.2 Å². The smallest absolute Gasteiger partial charge is 0.0469 e. The minimum absolute atomic E-state index is 0.861. The molecule has 0 fully saturated rings. The first-order valence-electron chi connectivity index (χ1n) is 4.81. The van der Waals surface area contributed by atoms with Crippen molar-refractivity contribution < 1.29 is 4.74 Å². The molecule has 0 aromatic heterocycles. The zero-order valence-electron chi connectivity index (χ0n) is 8.14. The highest BCUT2D eigenvalue weighted by molar-refractivity contribution is 7.37. The van der Waals surface area contributed by atoms with Crippen LogP contribution >= 0.6 is 8.58 Å². The highest BCUT2D eigenvalue weighted by Gasteiger charge is 1.88. The van der Waals surface area contributed by atoms with Gasteiger partial charge in [0.25, 0.3) is 0 Å². The highest BCUT2D eigenvalue weighted by Crippen LogP contribution is 2.13. The third-order valence-electron chi connectivity index (χ3n) is 1.61. The fourth-order valence-electron chi connectivity index (χ4n) is 0.940. The standard InChI is InChI=1S/C10H21OP/c1-3-5-6-9-12-10-7-8-11-4-2/h3,12H,1,4-10H2,2H3. The monoisotopic (exact) mass is 188 g/mol. The maximum absolute atomic E-state index is 5.25. The third-order valence-corrected chi connectivity index (χ3v) is 3.02. The van der Waals surface area contributed by atoms with Gasteiger partial charge < -0.3 is 4.74 Å². The van der Waals surface area contributed by atoms with Crippen molar-refractivity contribution in [2.75, 3.05) is 25.5 Å². The maximum Gasteiger partial charge on any atom is 0.0469 e. The maximum atomic E-state index is 5.25. The minimum Gasteiger partial charge on any atom is -0.382 e. The molecule has 0 saturated heterocycles. The van der Waals surface area contributed by atoms with Gasteiger partial charge in [0.1, 0.15) is 0 Å². The van der Waals surface area contributed by atoms with E-state index in [9.17, 15) is 0 Å². The average molecular weight is 188 g/mol. The predicted molar refractivity (Wildman–Crippen MR) is 58.6 cm³/mol. The Hall–Kier alpha value is 0.130. The van der Waals surface area contributed by atoms with Crippen LogP contribution in [0.15, 0.2) is 12.7 Å². The predicted octanol–water partition coefficient (Wildman–Crippen LogP) is 3.06. The molecule has 1 nitrogen and oxygen atoms in total. The van der Waals surface area contributed by atoms with Crippen molar-refractivity contribution in [3.63, 3.8) is 0 Å². The van der Waals surface area contributed by atoms with E-state index in [-0.39, 0.29) is 0 Å². The second-order valence-electron chi connectivity index (χ2n) is 2.73. The van der Waals surface area contributed by atoms with Crippen LogP contribution in [0.5, 0.6) is 0 Å². The largest absolute Gasteiger partial charge is 0.382 e. The molecule has 0 radical (unpaired) electrons. The summed E-state index contributed by atoms with van der Waals surface area (Å²) in [7, 11) is 1.13. The molecule has 0 saturated carbocycles. The molecule has 0 heterocycles. The molecule has 0 aromatic carbocycles. The number of unbranched alkanes of at least 4 members (excludes halogenated alkanes) is 1. The Balaban J connectivity index is 2.77. The SMILES string of the molecule is C=CCCCPCCCOCC. The van der Waals surface area contributed by atoms with Gasteiger partial charge in [-0.2, -0.15) is 0 Å². The van der Waals surface area contributed by atoms with Crippen molar-refractivity contribution in [2.45, 2.75) is 26.2 Å². The molecule has 0 aliphatic rings. The fraction of sp³-hybridized carbons (Fsp3) is 0.800. The van der Waals surface area contributed by atoms with E-state index in [1.807, 2.05) is 13.0 Å². The van der Waals surface area contributed by atoms with Gasteiger partial charge in [-0.3, -0.25) is 0 Å². The minimum atomic E-state index is 0.861. The van der Waals surface area contributed by atoms with E-state index in [0.717, 1.165) is 21.8 Å². The first-order valence-corrected chi connectivity index (χ1v) is 6.22. The van der Waals surface area contributed by atoms with Crippen LogP contribution in [0, 0.1) is 0 Å². The number of hydrogen-bond acceptors (Lipinski definition) is 1. The first kappa shape index (κ1) is 12.1. The summed E-state index contributed by atoms with van der Waals surface area (Å²) < 4.78 is 5.25. The lowest BCUT2D eigenvalue weighted by Crippen LogP contribution is -1.94. The lowest BCUT2D eigenvalue weighted by Gasteiger charge is -2.01. The lowest BCUT2D eigenvalue weighted by atomic mass is 10.3. The summed E-state index contributed by atoms with van der Waals surface area (Å²) >= 11 is 0. The van der Waals surface area contributed by atoms with Crippen LogP contribution in [0.3, 0.4) is 0 Å². The molecular formula is C10H21OP. The number of allylic oxidation sites excluding steroid dienone is 1. The number of ether oxygens (including phenoxy) is 1. The Bertz CT molecular complexity index is 93.8. The molecule has 1 atom stereocenters. The fourth-order valence-corrected chi connectivity index (χ4v) is 2.04. The zero-order valence-corrected chi connectivity index (χ0v) is 9.14. The van der Waals surface area contributed by atoms with Crippen molar-refractivity contribution in [1.82, 2.24) is 0 Å².